The number of guanidine groups is 1. The van der Waals surface area contributed by atoms with Crippen LogP contribution in [-0.4, -0.2) is 68.3 Å². The maximum atomic E-state index is 12.7. The van der Waals surface area contributed by atoms with Crippen LogP contribution in [0.2, 0.25) is 5.02 Å². The monoisotopic (exact) mass is 430 g/mol. The van der Waals surface area contributed by atoms with Crippen LogP contribution in [0.3, 0.4) is 0 Å². The van der Waals surface area contributed by atoms with E-state index < -0.39 is 12.7 Å². The maximum Gasteiger partial charge on any atom is 0.401 e. The number of alkyl halides is 3. The third-order valence-electron chi connectivity index (χ3n) is 6.04. The van der Waals surface area contributed by atoms with Crippen molar-refractivity contribution in [3.05, 3.63) is 34.9 Å². The van der Waals surface area contributed by atoms with Gasteiger partial charge in [0.05, 0.1) is 6.54 Å². The number of nitrogens with zero attached hydrogens (tertiary/aromatic N) is 3. The second-order valence-electron chi connectivity index (χ2n) is 8.24. The molecule has 0 radical (unpaired) electrons. The molecule has 29 heavy (non-hydrogen) atoms. The van der Waals surface area contributed by atoms with Crippen molar-refractivity contribution in [3.8, 4) is 0 Å². The van der Waals surface area contributed by atoms with Gasteiger partial charge in [0.1, 0.15) is 0 Å². The van der Waals surface area contributed by atoms with Crippen LogP contribution in [-0.2, 0) is 5.41 Å². The van der Waals surface area contributed by atoms with E-state index >= 15 is 0 Å². The first-order chi connectivity index (χ1) is 13.7. The van der Waals surface area contributed by atoms with E-state index in [4.69, 9.17) is 11.6 Å². The van der Waals surface area contributed by atoms with Crippen molar-refractivity contribution in [1.82, 2.24) is 15.1 Å². The summed E-state index contributed by atoms with van der Waals surface area (Å²) >= 11 is 6.16. The smallest absolute Gasteiger partial charge is 0.355 e. The van der Waals surface area contributed by atoms with E-state index in [2.05, 4.69) is 21.3 Å². The number of hydrogen-bond acceptors (Lipinski definition) is 2. The van der Waals surface area contributed by atoms with E-state index in [1.54, 1.807) is 14.0 Å². The lowest BCUT2D eigenvalue weighted by atomic mass is 9.96. The zero-order valence-electron chi connectivity index (χ0n) is 17.1. The Labute approximate surface area is 176 Å². The minimum Gasteiger partial charge on any atom is -0.355 e. The molecule has 1 saturated carbocycles. The predicted octanol–water partition coefficient (Wildman–Crippen LogP) is 4.15. The summed E-state index contributed by atoms with van der Waals surface area (Å²) in [6, 6.07) is 8.02. The van der Waals surface area contributed by atoms with Gasteiger partial charge in [-0.3, -0.25) is 9.89 Å². The molecule has 1 saturated heterocycles. The molecular formula is C21H30ClF3N4. The fraction of sp³-hybridized carbons (Fsp3) is 0.667. The molecule has 1 aromatic rings. The van der Waals surface area contributed by atoms with Crippen LogP contribution in [0.1, 0.15) is 31.7 Å². The van der Waals surface area contributed by atoms with Gasteiger partial charge in [0.25, 0.3) is 0 Å². The number of benzene rings is 1. The van der Waals surface area contributed by atoms with Crippen molar-refractivity contribution >= 4 is 17.6 Å². The molecule has 162 valence electrons. The van der Waals surface area contributed by atoms with Crippen LogP contribution in [0.15, 0.2) is 29.3 Å². The summed E-state index contributed by atoms with van der Waals surface area (Å²) in [5, 5.41) is 4.25. The summed E-state index contributed by atoms with van der Waals surface area (Å²) in [5.41, 5.74) is 1.35. The zero-order chi connectivity index (χ0) is 21.1. The van der Waals surface area contributed by atoms with Crippen molar-refractivity contribution in [2.45, 2.75) is 37.8 Å². The van der Waals surface area contributed by atoms with Crippen molar-refractivity contribution in [1.29, 1.82) is 0 Å². The summed E-state index contributed by atoms with van der Waals surface area (Å²) in [6.45, 7) is 4.16. The minimum atomic E-state index is -4.15. The van der Waals surface area contributed by atoms with Gasteiger partial charge in [0, 0.05) is 43.7 Å². The molecule has 1 N–H and O–H groups in total. The van der Waals surface area contributed by atoms with E-state index in [1.165, 1.54) is 10.5 Å². The Morgan fingerprint density at radius 3 is 2.72 bits per heavy atom. The Kier molecular flexibility index (Phi) is 6.99. The SMILES string of the molecule is CCN(CC1CCN(C(=NC)NCC2(c3cccc(Cl)c3)CC2)C1)CC(F)(F)F. The summed E-state index contributed by atoms with van der Waals surface area (Å²) in [4.78, 5) is 8.07. The van der Waals surface area contributed by atoms with Gasteiger partial charge in [-0.25, -0.2) is 0 Å². The van der Waals surface area contributed by atoms with Gasteiger partial charge in [-0.15, -0.1) is 0 Å². The Balaban J connectivity index is 1.52. The van der Waals surface area contributed by atoms with E-state index in [9.17, 15) is 13.2 Å². The van der Waals surface area contributed by atoms with Crippen molar-refractivity contribution in [3.63, 3.8) is 0 Å². The standard InChI is InChI=1S/C21H30ClF3N4/c1-3-28(15-21(23,24)25)12-16-7-10-29(13-16)19(26-2)27-14-20(8-9-20)17-5-4-6-18(22)11-17/h4-6,11,16H,3,7-10,12-15H2,1-2H3,(H,26,27). The quantitative estimate of drug-likeness (QED) is 0.520. The second kappa shape index (κ2) is 9.13. The topological polar surface area (TPSA) is 30.9 Å². The molecule has 0 aromatic heterocycles. The van der Waals surface area contributed by atoms with Crippen LogP contribution >= 0.6 is 11.6 Å². The summed E-state index contributed by atoms with van der Waals surface area (Å²) in [5.74, 6) is 1.05. The highest BCUT2D eigenvalue weighted by Gasteiger charge is 2.44. The molecule has 2 aliphatic rings. The van der Waals surface area contributed by atoms with Crippen LogP contribution in [0, 0.1) is 5.92 Å². The first kappa shape index (κ1) is 22.2. The average molecular weight is 431 g/mol. The van der Waals surface area contributed by atoms with Gasteiger partial charge in [-0.1, -0.05) is 30.7 Å². The number of rotatable bonds is 7. The number of likely N-dealkylation sites (tertiary alicyclic amines) is 1. The molecule has 1 unspecified atom stereocenters. The van der Waals surface area contributed by atoms with Gasteiger partial charge in [0.15, 0.2) is 5.96 Å². The molecule has 0 spiro atoms. The van der Waals surface area contributed by atoms with Crippen LogP contribution < -0.4 is 5.32 Å². The highest BCUT2D eigenvalue weighted by Crippen LogP contribution is 2.48. The molecule has 1 atom stereocenters. The molecule has 2 fully saturated rings. The lowest BCUT2D eigenvalue weighted by Crippen LogP contribution is -2.44. The van der Waals surface area contributed by atoms with Crippen molar-refractivity contribution in [2.24, 2.45) is 10.9 Å². The Hall–Kier alpha value is -1.47. The first-order valence-corrected chi connectivity index (χ1v) is 10.6. The van der Waals surface area contributed by atoms with E-state index in [-0.39, 0.29) is 11.3 Å². The van der Waals surface area contributed by atoms with Gasteiger partial charge in [0.2, 0.25) is 0 Å². The second-order valence-corrected chi connectivity index (χ2v) is 8.67. The average Bonchev–Trinajstić information content (AvgIpc) is 3.32. The highest BCUT2D eigenvalue weighted by atomic mass is 35.5. The van der Waals surface area contributed by atoms with Crippen LogP contribution in [0.4, 0.5) is 13.2 Å². The Morgan fingerprint density at radius 1 is 1.38 bits per heavy atom. The first-order valence-electron chi connectivity index (χ1n) is 10.3. The zero-order valence-corrected chi connectivity index (χ0v) is 17.9. The third kappa shape index (κ3) is 6.01. The normalized spacial score (nSPS) is 21.7. The molecule has 1 aliphatic heterocycles. The van der Waals surface area contributed by atoms with Gasteiger partial charge < -0.3 is 10.2 Å². The Morgan fingerprint density at radius 2 is 2.14 bits per heavy atom. The van der Waals surface area contributed by atoms with Gasteiger partial charge in [-0.2, -0.15) is 13.2 Å². The minimum absolute atomic E-state index is 0.103. The lowest BCUT2D eigenvalue weighted by Gasteiger charge is -2.27. The molecule has 0 bridgehead atoms. The van der Waals surface area contributed by atoms with Crippen molar-refractivity contribution in [2.75, 3.05) is 46.3 Å². The largest absolute Gasteiger partial charge is 0.401 e. The van der Waals surface area contributed by atoms with Crippen LogP contribution in [0.25, 0.3) is 0 Å². The van der Waals surface area contributed by atoms with Crippen molar-refractivity contribution < 1.29 is 13.2 Å². The maximum absolute atomic E-state index is 12.7. The van der Waals surface area contributed by atoms with Gasteiger partial charge in [-0.05, 0) is 49.4 Å². The lowest BCUT2D eigenvalue weighted by molar-refractivity contribution is -0.146. The summed E-state index contributed by atoms with van der Waals surface area (Å²) < 4.78 is 38.2. The van der Waals surface area contributed by atoms with E-state index in [0.29, 0.717) is 13.1 Å². The molecule has 0 amide bonds. The molecule has 8 heteroatoms. The molecule has 3 rings (SSSR count). The number of nitrogens with one attached hydrogen (secondary N) is 1. The molecule has 1 aromatic carbocycles. The number of halogens is 4. The van der Waals surface area contributed by atoms with Crippen LogP contribution in [0.5, 0.6) is 0 Å². The molecule has 4 nitrogen and oxygen atoms in total. The fourth-order valence-corrected chi connectivity index (χ4v) is 4.41. The van der Waals surface area contributed by atoms with E-state index in [1.807, 2.05) is 18.2 Å². The predicted molar refractivity (Wildman–Crippen MR) is 112 cm³/mol. The molecular weight excluding hydrogens is 401 g/mol. The van der Waals surface area contributed by atoms with E-state index in [0.717, 1.165) is 49.9 Å². The van der Waals surface area contributed by atoms with Gasteiger partial charge >= 0.3 is 6.18 Å². The summed E-state index contributed by atoms with van der Waals surface area (Å²) in [6.07, 6.45) is -1.04. The third-order valence-corrected chi connectivity index (χ3v) is 6.27. The molecule has 1 heterocycles. The molecule has 1 aliphatic carbocycles. The summed E-state index contributed by atoms with van der Waals surface area (Å²) in [7, 11) is 1.76. The highest BCUT2D eigenvalue weighted by molar-refractivity contribution is 6.30. The fourth-order valence-electron chi connectivity index (χ4n) is 4.22. The number of aliphatic imine (C=N–C) groups is 1. The Bertz CT molecular complexity index is 718. The number of hydrogen-bond donors (Lipinski definition) is 1.